The molecule has 25 heavy (non-hydrogen) atoms. The lowest BCUT2D eigenvalue weighted by atomic mass is 10.2. The Morgan fingerprint density at radius 1 is 1.32 bits per heavy atom. The average molecular weight is 359 g/mol. The Morgan fingerprint density at radius 3 is 2.80 bits per heavy atom. The SMILES string of the molecule is COCCCC(=O)CN1C(=O)CSc2c1c(C)nn2-c1ccccc1. The number of amides is 1. The van der Waals surface area contributed by atoms with Gasteiger partial charge in [0.15, 0.2) is 5.78 Å². The minimum Gasteiger partial charge on any atom is -0.385 e. The van der Waals surface area contributed by atoms with Crippen LogP contribution in [0.3, 0.4) is 0 Å². The summed E-state index contributed by atoms with van der Waals surface area (Å²) in [5, 5.41) is 5.51. The second kappa shape index (κ2) is 7.84. The molecule has 2 heterocycles. The fourth-order valence-electron chi connectivity index (χ4n) is 2.85. The van der Waals surface area contributed by atoms with Gasteiger partial charge in [-0.3, -0.25) is 9.59 Å². The molecule has 1 aromatic carbocycles. The van der Waals surface area contributed by atoms with Gasteiger partial charge in [-0.25, -0.2) is 4.68 Å². The van der Waals surface area contributed by atoms with Crippen molar-refractivity contribution in [1.82, 2.24) is 9.78 Å². The number of hydrogen-bond acceptors (Lipinski definition) is 5. The summed E-state index contributed by atoms with van der Waals surface area (Å²) >= 11 is 1.47. The van der Waals surface area contributed by atoms with Gasteiger partial charge in [0, 0.05) is 20.1 Å². The van der Waals surface area contributed by atoms with E-state index in [2.05, 4.69) is 5.10 Å². The van der Waals surface area contributed by atoms with Gasteiger partial charge in [-0.05, 0) is 25.5 Å². The van der Waals surface area contributed by atoms with Gasteiger partial charge in [0.05, 0.1) is 29.4 Å². The number of thioether (sulfide) groups is 1. The van der Waals surface area contributed by atoms with Gasteiger partial charge in [0.25, 0.3) is 0 Å². The molecule has 0 radical (unpaired) electrons. The zero-order chi connectivity index (χ0) is 17.8. The number of hydrogen-bond donors (Lipinski definition) is 0. The molecule has 0 bridgehead atoms. The second-order valence-corrected chi connectivity index (χ2v) is 6.85. The van der Waals surface area contributed by atoms with Crippen LogP contribution in [-0.4, -0.2) is 47.5 Å². The third-order valence-corrected chi connectivity index (χ3v) is 5.06. The molecule has 1 aromatic heterocycles. The lowest BCUT2D eigenvalue weighted by Crippen LogP contribution is -2.39. The number of carbonyl (C=O) groups excluding carboxylic acids is 2. The van der Waals surface area contributed by atoms with Gasteiger partial charge in [0.2, 0.25) is 5.91 Å². The topological polar surface area (TPSA) is 64.4 Å². The molecule has 0 fully saturated rings. The van der Waals surface area contributed by atoms with Crippen molar-refractivity contribution in [2.24, 2.45) is 0 Å². The Bertz CT molecular complexity index is 773. The summed E-state index contributed by atoms with van der Waals surface area (Å²) in [5.74, 6) is 0.305. The number of benzene rings is 1. The molecule has 0 atom stereocenters. The number of methoxy groups -OCH3 is 1. The molecule has 0 spiro atoms. The van der Waals surface area contributed by atoms with E-state index in [1.165, 1.54) is 11.8 Å². The van der Waals surface area contributed by atoms with Crippen molar-refractivity contribution in [2.45, 2.75) is 24.8 Å². The van der Waals surface area contributed by atoms with Gasteiger partial charge in [-0.15, -0.1) is 0 Å². The highest BCUT2D eigenvalue weighted by Crippen LogP contribution is 2.39. The average Bonchev–Trinajstić information content (AvgIpc) is 2.95. The molecule has 1 amide bonds. The number of nitrogens with zero attached hydrogens (tertiary/aromatic N) is 3. The summed E-state index contributed by atoms with van der Waals surface area (Å²) in [6.07, 6.45) is 1.08. The van der Waals surface area contributed by atoms with Crippen molar-refractivity contribution in [3.63, 3.8) is 0 Å². The van der Waals surface area contributed by atoms with E-state index in [1.807, 2.05) is 41.9 Å². The minimum atomic E-state index is -0.0479. The van der Waals surface area contributed by atoms with Gasteiger partial charge in [-0.2, -0.15) is 5.10 Å². The Morgan fingerprint density at radius 2 is 2.08 bits per heavy atom. The highest BCUT2D eigenvalue weighted by atomic mass is 32.2. The monoisotopic (exact) mass is 359 g/mol. The summed E-state index contributed by atoms with van der Waals surface area (Å²) in [5.41, 5.74) is 2.45. The maximum Gasteiger partial charge on any atom is 0.237 e. The molecule has 0 N–H and O–H groups in total. The van der Waals surface area contributed by atoms with Crippen LogP contribution in [0.25, 0.3) is 5.69 Å². The summed E-state index contributed by atoms with van der Waals surface area (Å²) < 4.78 is 6.83. The predicted octanol–water partition coefficient (Wildman–Crippen LogP) is 2.62. The molecule has 3 rings (SSSR count). The zero-order valence-electron chi connectivity index (χ0n) is 14.4. The number of aromatic nitrogens is 2. The third-order valence-electron chi connectivity index (χ3n) is 4.03. The summed E-state index contributed by atoms with van der Waals surface area (Å²) in [4.78, 5) is 26.2. The van der Waals surface area contributed by atoms with Crippen LogP contribution in [-0.2, 0) is 14.3 Å². The number of Topliss-reactive ketones (excluding diaryl/α,β-unsaturated/α-hetero) is 1. The van der Waals surface area contributed by atoms with Crippen molar-refractivity contribution in [3.8, 4) is 5.69 Å². The second-order valence-electron chi connectivity index (χ2n) is 5.89. The third kappa shape index (κ3) is 3.77. The normalized spacial score (nSPS) is 13.8. The van der Waals surface area contributed by atoms with Gasteiger partial charge in [0.1, 0.15) is 5.03 Å². The molecule has 132 valence electrons. The van der Waals surface area contributed by atoms with E-state index < -0.39 is 0 Å². The van der Waals surface area contributed by atoms with Crippen LogP contribution in [0.15, 0.2) is 35.4 Å². The first kappa shape index (κ1) is 17.7. The number of para-hydroxylation sites is 1. The summed E-state index contributed by atoms with van der Waals surface area (Å²) in [6, 6.07) is 9.81. The molecular weight excluding hydrogens is 338 g/mol. The van der Waals surface area contributed by atoms with E-state index in [-0.39, 0.29) is 18.2 Å². The van der Waals surface area contributed by atoms with Crippen LogP contribution in [0, 0.1) is 6.92 Å². The van der Waals surface area contributed by atoms with Crippen molar-refractivity contribution >= 4 is 29.1 Å². The number of aryl methyl sites for hydroxylation is 1. The molecule has 6 nitrogen and oxygen atoms in total. The number of anilines is 1. The van der Waals surface area contributed by atoms with E-state index in [9.17, 15) is 9.59 Å². The Hall–Kier alpha value is -2.12. The molecule has 2 aromatic rings. The summed E-state index contributed by atoms with van der Waals surface area (Å²) in [7, 11) is 1.61. The number of fused-ring (bicyclic) bond motifs is 1. The Labute approximate surface area is 151 Å². The van der Waals surface area contributed by atoms with Gasteiger partial charge in [-0.1, -0.05) is 30.0 Å². The maximum absolute atomic E-state index is 12.4. The van der Waals surface area contributed by atoms with Crippen LogP contribution < -0.4 is 4.90 Å². The van der Waals surface area contributed by atoms with E-state index in [1.54, 1.807) is 12.0 Å². The zero-order valence-corrected chi connectivity index (χ0v) is 15.2. The highest BCUT2D eigenvalue weighted by molar-refractivity contribution is 8.00. The molecular formula is C18H21N3O3S. The molecule has 7 heteroatoms. The number of ketones is 1. The number of ether oxygens (including phenoxy) is 1. The first-order chi connectivity index (χ1) is 12.1. The highest BCUT2D eigenvalue weighted by Gasteiger charge is 2.32. The standard InChI is InChI=1S/C18H21N3O3S/c1-13-17-18(21(19-13)14-7-4-3-5-8-14)25-12-16(23)20(17)11-15(22)9-6-10-24-2/h3-5,7-8H,6,9-12H2,1-2H3. The molecule has 0 saturated heterocycles. The maximum atomic E-state index is 12.4. The van der Waals surface area contributed by atoms with Crippen molar-refractivity contribution in [1.29, 1.82) is 0 Å². The largest absolute Gasteiger partial charge is 0.385 e. The smallest absolute Gasteiger partial charge is 0.237 e. The van der Waals surface area contributed by atoms with E-state index >= 15 is 0 Å². The van der Waals surface area contributed by atoms with Gasteiger partial charge < -0.3 is 9.64 Å². The van der Waals surface area contributed by atoms with E-state index in [4.69, 9.17) is 4.74 Å². The quantitative estimate of drug-likeness (QED) is 0.711. The van der Waals surface area contributed by atoms with Crippen LogP contribution in [0.1, 0.15) is 18.5 Å². The van der Waals surface area contributed by atoms with E-state index in [0.717, 1.165) is 22.1 Å². The number of rotatable bonds is 7. The summed E-state index contributed by atoms with van der Waals surface area (Å²) in [6.45, 7) is 2.52. The molecule has 0 unspecified atom stereocenters. The van der Waals surface area contributed by atoms with Crippen molar-refractivity contribution in [3.05, 3.63) is 36.0 Å². The van der Waals surface area contributed by atoms with Gasteiger partial charge >= 0.3 is 0 Å². The first-order valence-electron chi connectivity index (χ1n) is 8.20. The van der Waals surface area contributed by atoms with Crippen molar-refractivity contribution in [2.75, 3.05) is 30.9 Å². The molecule has 0 saturated carbocycles. The molecule has 0 aliphatic carbocycles. The van der Waals surface area contributed by atoms with Crippen LogP contribution in [0.2, 0.25) is 0 Å². The first-order valence-corrected chi connectivity index (χ1v) is 9.19. The molecule has 1 aliphatic heterocycles. The number of carbonyl (C=O) groups is 2. The Kier molecular flexibility index (Phi) is 5.55. The van der Waals surface area contributed by atoms with Crippen LogP contribution >= 0.6 is 11.8 Å². The lowest BCUT2D eigenvalue weighted by molar-refractivity contribution is -0.121. The van der Waals surface area contributed by atoms with Crippen LogP contribution in [0.4, 0.5) is 5.69 Å². The van der Waals surface area contributed by atoms with Crippen LogP contribution in [0.5, 0.6) is 0 Å². The lowest BCUT2D eigenvalue weighted by Gasteiger charge is -2.26. The fraction of sp³-hybridized carbons (Fsp3) is 0.389. The Balaban J connectivity index is 1.87. The predicted molar refractivity (Wildman–Crippen MR) is 97.5 cm³/mol. The van der Waals surface area contributed by atoms with E-state index in [0.29, 0.717) is 25.2 Å². The molecule has 1 aliphatic rings. The minimum absolute atomic E-state index is 0.0371. The fourth-order valence-corrected chi connectivity index (χ4v) is 3.93. The van der Waals surface area contributed by atoms with Crippen molar-refractivity contribution < 1.29 is 14.3 Å².